The molecule has 0 bridgehead atoms. The molecule has 2 aliphatic heterocycles. The fraction of sp³-hybridized carbons (Fsp3) is 0.353. The number of anilines is 1. The zero-order chi connectivity index (χ0) is 30.3. The monoisotopic (exact) mass is 556 g/mol. The lowest BCUT2D eigenvalue weighted by Crippen LogP contribution is -2.43. The Morgan fingerprint density at radius 3 is 2.46 bits per heavy atom. The van der Waals surface area contributed by atoms with Crippen molar-refractivity contribution in [2.75, 3.05) is 31.5 Å². The quantitative estimate of drug-likeness (QED) is 0.126. The zero-order valence-corrected chi connectivity index (χ0v) is 25.5. The van der Waals surface area contributed by atoms with Crippen molar-refractivity contribution in [1.29, 1.82) is 0 Å². The van der Waals surface area contributed by atoms with E-state index < -0.39 is 0 Å². The summed E-state index contributed by atoms with van der Waals surface area (Å²) < 4.78 is 6.43. The number of nitrogens with zero attached hydrogens (tertiary/aromatic N) is 2. The predicted molar refractivity (Wildman–Crippen MR) is 170 cm³/mol. The van der Waals surface area contributed by atoms with E-state index in [2.05, 4.69) is 33.7 Å². The number of phenolic OH excluding ortho intramolecular Hbond substituents is 1. The molecule has 41 heavy (non-hydrogen) atoms. The van der Waals surface area contributed by atoms with E-state index in [4.69, 9.17) is 4.74 Å². The third-order valence-corrected chi connectivity index (χ3v) is 7.19. The molecule has 0 saturated carbocycles. The molecule has 218 valence electrons. The van der Waals surface area contributed by atoms with Crippen molar-refractivity contribution in [2.45, 2.75) is 48.5 Å². The lowest BCUT2D eigenvalue weighted by atomic mass is 9.96. The highest BCUT2D eigenvalue weighted by atomic mass is 16.5. The first-order valence-electron chi connectivity index (χ1n) is 14.1. The van der Waals surface area contributed by atoms with Gasteiger partial charge in [-0.25, -0.2) is 4.99 Å². The second kappa shape index (κ2) is 14.0. The van der Waals surface area contributed by atoms with Gasteiger partial charge in [-0.3, -0.25) is 4.79 Å². The van der Waals surface area contributed by atoms with Gasteiger partial charge in [0.15, 0.2) is 11.7 Å². The number of Topliss-reactive ketones (excluding diaryl/α,β-unsaturated/α-hetero) is 1. The summed E-state index contributed by atoms with van der Waals surface area (Å²) in [5.74, 6) is 1.99. The number of carbonyl (C=O) groups is 1. The first-order valence-corrected chi connectivity index (χ1v) is 14.1. The van der Waals surface area contributed by atoms with Crippen molar-refractivity contribution in [3.8, 4) is 5.75 Å². The Hall–Kier alpha value is -4.10. The van der Waals surface area contributed by atoms with E-state index in [1.807, 2.05) is 78.8 Å². The number of hydrogen-bond acceptors (Lipinski definition) is 7. The van der Waals surface area contributed by atoms with Crippen LogP contribution in [0.5, 0.6) is 5.75 Å². The number of aromatic hydroxyl groups is 1. The molecule has 0 radical (unpaired) electrons. The first kappa shape index (κ1) is 31.4. The molecule has 0 aliphatic carbocycles. The van der Waals surface area contributed by atoms with Gasteiger partial charge in [-0.1, -0.05) is 45.2 Å². The molecular formula is C34H44N4O3. The Bertz CT molecular complexity index is 1400. The summed E-state index contributed by atoms with van der Waals surface area (Å²) in [6.07, 6.45) is 7.74. The molecule has 2 heterocycles. The minimum atomic E-state index is -0.0679. The molecule has 3 N–H and O–H groups in total. The summed E-state index contributed by atoms with van der Waals surface area (Å²) in [6, 6.07) is 5.43. The van der Waals surface area contributed by atoms with Crippen LogP contribution < -0.4 is 10.6 Å². The molecule has 7 heteroatoms. The van der Waals surface area contributed by atoms with Crippen LogP contribution in [0.15, 0.2) is 100 Å². The van der Waals surface area contributed by atoms with Crippen LogP contribution in [-0.4, -0.2) is 47.7 Å². The Morgan fingerprint density at radius 1 is 1.20 bits per heavy atom. The number of aliphatic imine (C=N–C) groups is 1. The molecule has 1 aromatic carbocycles. The van der Waals surface area contributed by atoms with Crippen molar-refractivity contribution >= 4 is 22.8 Å². The zero-order valence-electron chi connectivity index (χ0n) is 25.5. The van der Waals surface area contributed by atoms with Gasteiger partial charge in [0, 0.05) is 49.5 Å². The third kappa shape index (κ3) is 7.76. The van der Waals surface area contributed by atoms with Gasteiger partial charge >= 0.3 is 0 Å². The molecule has 2 aliphatic rings. The number of carbonyl (C=O) groups excluding carboxylic acids is 1. The summed E-state index contributed by atoms with van der Waals surface area (Å²) in [7, 11) is 0. The second-order valence-electron chi connectivity index (χ2n) is 10.6. The minimum absolute atomic E-state index is 0.0612. The molecule has 3 rings (SSSR count). The molecule has 0 atom stereocenters. The van der Waals surface area contributed by atoms with Gasteiger partial charge < -0.3 is 25.4 Å². The Labute approximate surface area is 245 Å². The number of phenols is 1. The van der Waals surface area contributed by atoms with Crippen LogP contribution in [0.2, 0.25) is 0 Å². The van der Waals surface area contributed by atoms with E-state index in [1.54, 1.807) is 12.1 Å². The van der Waals surface area contributed by atoms with Gasteiger partial charge in [0.2, 0.25) is 0 Å². The second-order valence-corrected chi connectivity index (χ2v) is 10.6. The van der Waals surface area contributed by atoms with Crippen molar-refractivity contribution in [1.82, 2.24) is 10.2 Å². The molecule has 0 unspecified atom stereocenters. The maximum absolute atomic E-state index is 12.3. The van der Waals surface area contributed by atoms with E-state index >= 15 is 0 Å². The highest BCUT2D eigenvalue weighted by molar-refractivity contribution is 6.04. The topological polar surface area (TPSA) is 86.2 Å². The lowest BCUT2D eigenvalue weighted by molar-refractivity contribution is -0.118. The van der Waals surface area contributed by atoms with Gasteiger partial charge in [0.1, 0.15) is 17.3 Å². The average molecular weight is 557 g/mol. The number of benzene rings is 1. The normalized spacial score (nSPS) is 17.5. The fourth-order valence-electron chi connectivity index (χ4n) is 4.75. The Kier molecular flexibility index (Phi) is 10.7. The van der Waals surface area contributed by atoms with Gasteiger partial charge in [0.05, 0.1) is 5.69 Å². The van der Waals surface area contributed by atoms with E-state index in [-0.39, 0.29) is 17.5 Å². The Morgan fingerprint density at radius 2 is 1.88 bits per heavy atom. The highest BCUT2D eigenvalue weighted by Gasteiger charge is 2.25. The third-order valence-electron chi connectivity index (χ3n) is 7.19. The average Bonchev–Trinajstić information content (AvgIpc) is 2.95. The summed E-state index contributed by atoms with van der Waals surface area (Å²) in [5, 5.41) is 17.4. The SMILES string of the molecule is C=C(\N=C(C)/C(=C\C)/C=C(\C)C(=O)C(C)C)Nc1ccc(/C(=C/C)C2=C(C)C(=C)C=C(N3CCNCC3)O2)cc1O. The van der Waals surface area contributed by atoms with Crippen LogP contribution in [0.3, 0.4) is 0 Å². The number of piperazine rings is 1. The summed E-state index contributed by atoms with van der Waals surface area (Å²) >= 11 is 0. The van der Waals surface area contributed by atoms with E-state index in [9.17, 15) is 9.90 Å². The maximum atomic E-state index is 12.3. The number of ketones is 1. The standard InChI is InChI=1S/C34H44N4O3/c1-10-27(18-23(6)33(40)21(3)4)25(8)36-26(9)37-30-13-12-28(20-31(30)39)29(11-2)34-24(7)22(5)19-32(41-34)38-16-14-35-15-17-38/h10-13,18-21,35,37,39H,5,9,14-17H2,1-4,6-8H3/b23-18+,27-10-,29-11-,36-25-. The fourth-order valence-corrected chi connectivity index (χ4v) is 4.75. The van der Waals surface area contributed by atoms with Gasteiger partial charge in [-0.2, -0.15) is 0 Å². The van der Waals surface area contributed by atoms with Crippen molar-refractivity contribution in [3.63, 3.8) is 0 Å². The van der Waals surface area contributed by atoms with Crippen LogP contribution in [0.1, 0.15) is 54.0 Å². The molecule has 0 spiro atoms. The van der Waals surface area contributed by atoms with Gasteiger partial charge in [-0.15, -0.1) is 0 Å². The van der Waals surface area contributed by atoms with Crippen LogP contribution in [-0.2, 0) is 9.53 Å². The van der Waals surface area contributed by atoms with E-state index in [1.165, 1.54) is 0 Å². The molecule has 7 nitrogen and oxygen atoms in total. The molecule has 0 amide bonds. The number of hydrogen-bond donors (Lipinski definition) is 3. The predicted octanol–water partition coefficient (Wildman–Crippen LogP) is 6.86. The van der Waals surface area contributed by atoms with Crippen LogP contribution in [0.4, 0.5) is 5.69 Å². The molecule has 0 aromatic heterocycles. The van der Waals surface area contributed by atoms with Crippen LogP contribution >= 0.6 is 0 Å². The largest absolute Gasteiger partial charge is 0.506 e. The molecule has 1 saturated heterocycles. The first-order chi connectivity index (χ1) is 19.5. The smallest absolute Gasteiger partial charge is 0.196 e. The highest BCUT2D eigenvalue weighted by Crippen LogP contribution is 2.38. The van der Waals surface area contributed by atoms with Crippen molar-refractivity contribution in [3.05, 3.63) is 101 Å². The van der Waals surface area contributed by atoms with Crippen molar-refractivity contribution < 1.29 is 14.6 Å². The van der Waals surface area contributed by atoms with E-state index in [0.29, 0.717) is 22.8 Å². The van der Waals surface area contributed by atoms with Gasteiger partial charge in [0.25, 0.3) is 0 Å². The Balaban J connectivity index is 1.78. The van der Waals surface area contributed by atoms with Crippen LogP contribution in [0.25, 0.3) is 5.57 Å². The number of ether oxygens (including phenoxy) is 1. The minimum Gasteiger partial charge on any atom is -0.506 e. The molecular weight excluding hydrogens is 512 g/mol. The summed E-state index contributed by atoms with van der Waals surface area (Å²) in [6.45, 7) is 25.1. The van der Waals surface area contributed by atoms with Crippen molar-refractivity contribution in [2.24, 2.45) is 10.9 Å². The number of rotatable bonds is 10. The van der Waals surface area contributed by atoms with Crippen LogP contribution in [0, 0.1) is 5.92 Å². The number of allylic oxidation sites excluding steroid dienone is 9. The summed E-state index contributed by atoms with van der Waals surface area (Å²) in [4.78, 5) is 19.1. The summed E-state index contributed by atoms with van der Waals surface area (Å²) in [5.41, 5.74) is 6.26. The molecule has 1 aromatic rings. The lowest BCUT2D eigenvalue weighted by Gasteiger charge is -2.34. The van der Waals surface area contributed by atoms with Gasteiger partial charge in [-0.05, 0) is 80.7 Å². The van der Waals surface area contributed by atoms with E-state index in [0.717, 1.165) is 65.7 Å². The number of nitrogens with one attached hydrogen (secondary N) is 2. The molecule has 1 fully saturated rings. The maximum Gasteiger partial charge on any atom is 0.196 e.